The minimum atomic E-state index is -2.48. The number of aromatic nitrogens is 6. The van der Waals surface area contributed by atoms with Crippen LogP contribution in [0.2, 0.25) is 0 Å². The van der Waals surface area contributed by atoms with E-state index < -0.39 is 13.0 Å². The van der Waals surface area contributed by atoms with E-state index in [1.165, 1.54) is 4.57 Å². The smallest absolute Gasteiger partial charge is 0.256 e. The van der Waals surface area contributed by atoms with Crippen LogP contribution in [0.1, 0.15) is 44.3 Å². The average molecular weight is 495 g/mol. The first-order chi connectivity index (χ1) is 17.5. The van der Waals surface area contributed by atoms with Gasteiger partial charge in [-0.15, -0.1) is 0 Å². The van der Waals surface area contributed by atoms with Crippen molar-refractivity contribution >= 4 is 34.1 Å². The number of halogens is 2. The first-order valence-corrected chi connectivity index (χ1v) is 12.5. The number of nitrogens with zero attached hydrogens (tertiary/aromatic N) is 6. The Bertz CT molecular complexity index is 1420. The number of hydrogen-bond donors (Lipinski definition) is 2. The van der Waals surface area contributed by atoms with Crippen LogP contribution in [0.25, 0.3) is 33.3 Å². The predicted molar refractivity (Wildman–Crippen MR) is 132 cm³/mol. The van der Waals surface area contributed by atoms with Crippen LogP contribution in [0.4, 0.5) is 14.7 Å². The van der Waals surface area contributed by atoms with Crippen molar-refractivity contribution < 1.29 is 13.6 Å². The molecule has 188 valence electrons. The van der Waals surface area contributed by atoms with Gasteiger partial charge in [-0.3, -0.25) is 4.79 Å². The standard InChI is InChI=1S/C25H28F2N8O/c1-14-31-24-20(35(14)13-21(26)27)9-15(10-28-24)18-11-29-23-19(18)12-30-25(33-23)32-16-4-6-17(7-5-16)34-8-2-3-22(34)36/h9-12,16-17,21H,2-8,13H2,1H3,(H2,29,30,32,33). The van der Waals surface area contributed by atoms with Gasteiger partial charge in [-0.2, -0.15) is 4.98 Å². The fourth-order valence-corrected chi connectivity index (χ4v) is 5.62. The fraction of sp³-hybridized carbons (Fsp3) is 0.480. The minimum absolute atomic E-state index is 0.274. The van der Waals surface area contributed by atoms with Crippen LogP contribution >= 0.6 is 0 Å². The van der Waals surface area contributed by atoms with Gasteiger partial charge in [-0.1, -0.05) is 0 Å². The SMILES string of the molecule is Cc1nc2ncc(-c3c[nH]c4nc(NC5CCC(N6CCCC6=O)CC5)ncc34)cc2n1CC(F)F. The Kier molecular flexibility index (Phi) is 5.77. The van der Waals surface area contributed by atoms with Crippen LogP contribution in [-0.4, -0.2) is 65.3 Å². The summed E-state index contributed by atoms with van der Waals surface area (Å²) >= 11 is 0. The number of aromatic amines is 1. The molecule has 0 bridgehead atoms. The zero-order chi connectivity index (χ0) is 24.8. The summed E-state index contributed by atoms with van der Waals surface area (Å²) in [5, 5.41) is 4.28. The number of rotatable bonds is 6. The van der Waals surface area contributed by atoms with E-state index >= 15 is 0 Å². The monoisotopic (exact) mass is 494 g/mol. The number of aryl methyl sites for hydroxylation is 1. The van der Waals surface area contributed by atoms with Crippen molar-refractivity contribution in [3.05, 3.63) is 30.5 Å². The largest absolute Gasteiger partial charge is 0.351 e. The molecule has 1 aliphatic carbocycles. The van der Waals surface area contributed by atoms with E-state index in [4.69, 9.17) is 0 Å². The van der Waals surface area contributed by atoms with Crippen LogP contribution in [-0.2, 0) is 11.3 Å². The van der Waals surface area contributed by atoms with E-state index in [1.807, 2.05) is 12.3 Å². The Morgan fingerprint density at radius 2 is 2.00 bits per heavy atom. The summed E-state index contributed by atoms with van der Waals surface area (Å²) in [6.07, 6.45) is 8.44. The van der Waals surface area contributed by atoms with Crippen molar-refractivity contribution in [3.63, 3.8) is 0 Å². The van der Waals surface area contributed by atoms with Crippen LogP contribution < -0.4 is 5.32 Å². The number of H-pyrrole nitrogens is 1. The summed E-state index contributed by atoms with van der Waals surface area (Å²) in [7, 11) is 0. The molecule has 2 aliphatic rings. The number of hydrogen-bond acceptors (Lipinski definition) is 6. The average Bonchev–Trinajstić information content (AvgIpc) is 3.56. The van der Waals surface area contributed by atoms with E-state index in [-0.39, 0.29) is 6.04 Å². The fourth-order valence-electron chi connectivity index (χ4n) is 5.62. The van der Waals surface area contributed by atoms with E-state index in [2.05, 4.69) is 35.1 Å². The lowest BCUT2D eigenvalue weighted by molar-refractivity contribution is -0.130. The summed E-state index contributed by atoms with van der Waals surface area (Å²) in [6, 6.07) is 2.47. The topological polar surface area (TPSA) is 105 Å². The Hall–Kier alpha value is -3.63. The second kappa shape index (κ2) is 9.11. The van der Waals surface area contributed by atoms with Gasteiger partial charge < -0.3 is 19.8 Å². The van der Waals surface area contributed by atoms with Crippen molar-refractivity contribution in [2.75, 3.05) is 11.9 Å². The van der Waals surface area contributed by atoms with Crippen molar-refractivity contribution in [3.8, 4) is 11.1 Å². The van der Waals surface area contributed by atoms with Gasteiger partial charge in [0.2, 0.25) is 11.9 Å². The van der Waals surface area contributed by atoms with Gasteiger partial charge >= 0.3 is 0 Å². The highest BCUT2D eigenvalue weighted by molar-refractivity contribution is 5.95. The predicted octanol–water partition coefficient (Wildman–Crippen LogP) is 4.29. The lowest BCUT2D eigenvalue weighted by Crippen LogP contribution is -2.41. The van der Waals surface area contributed by atoms with Crippen molar-refractivity contribution in [1.29, 1.82) is 0 Å². The number of anilines is 1. The van der Waals surface area contributed by atoms with Gasteiger partial charge in [0, 0.05) is 60.2 Å². The minimum Gasteiger partial charge on any atom is -0.351 e. The third-order valence-corrected chi connectivity index (χ3v) is 7.44. The van der Waals surface area contributed by atoms with Crippen molar-refractivity contribution in [2.45, 2.75) is 70.5 Å². The highest BCUT2D eigenvalue weighted by Crippen LogP contribution is 2.31. The molecule has 6 rings (SSSR count). The zero-order valence-electron chi connectivity index (χ0n) is 20.0. The molecule has 2 N–H and O–H groups in total. The van der Waals surface area contributed by atoms with E-state index in [1.54, 1.807) is 19.3 Å². The van der Waals surface area contributed by atoms with Crippen LogP contribution in [0.5, 0.6) is 0 Å². The number of imidazole rings is 1. The van der Waals surface area contributed by atoms with E-state index in [9.17, 15) is 13.6 Å². The molecule has 1 amide bonds. The molecule has 0 radical (unpaired) electrons. The number of pyridine rings is 1. The van der Waals surface area contributed by atoms with E-state index in [0.717, 1.165) is 55.2 Å². The molecule has 0 unspecified atom stereocenters. The van der Waals surface area contributed by atoms with Crippen LogP contribution in [0.3, 0.4) is 0 Å². The quantitative estimate of drug-likeness (QED) is 0.414. The first kappa shape index (κ1) is 22.8. The molecule has 2 fully saturated rings. The molecule has 4 aromatic rings. The first-order valence-electron chi connectivity index (χ1n) is 12.5. The molecule has 1 saturated carbocycles. The number of fused-ring (bicyclic) bond motifs is 2. The number of carbonyl (C=O) groups excluding carboxylic acids is 1. The summed E-state index contributed by atoms with van der Waals surface area (Å²) < 4.78 is 27.7. The Morgan fingerprint density at radius 3 is 2.75 bits per heavy atom. The third kappa shape index (κ3) is 4.16. The molecule has 9 nitrogen and oxygen atoms in total. The molecule has 5 heterocycles. The van der Waals surface area contributed by atoms with Crippen molar-refractivity contribution in [2.24, 2.45) is 0 Å². The van der Waals surface area contributed by atoms with Crippen molar-refractivity contribution in [1.82, 2.24) is 34.4 Å². The zero-order valence-corrected chi connectivity index (χ0v) is 20.0. The lowest BCUT2D eigenvalue weighted by atomic mass is 9.90. The maximum atomic E-state index is 13.1. The Labute approximate surface area is 206 Å². The second-order valence-electron chi connectivity index (χ2n) is 9.73. The number of amides is 1. The Morgan fingerprint density at radius 1 is 1.17 bits per heavy atom. The molecular weight excluding hydrogens is 466 g/mol. The molecule has 1 aliphatic heterocycles. The van der Waals surface area contributed by atoms with Gasteiger partial charge in [0.05, 0.1) is 12.1 Å². The van der Waals surface area contributed by atoms with Crippen LogP contribution in [0, 0.1) is 6.92 Å². The lowest BCUT2D eigenvalue weighted by Gasteiger charge is -2.34. The summed E-state index contributed by atoms with van der Waals surface area (Å²) in [5.41, 5.74) is 3.34. The highest BCUT2D eigenvalue weighted by Gasteiger charge is 2.31. The van der Waals surface area contributed by atoms with Gasteiger partial charge in [0.1, 0.15) is 11.5 Å². The normalized spacial score (nSPS) is 20.8. The molecular formula is C25H28F2N8O. The maximum absolute atomic E-state index is 13.1. The summed E-state index contributed by atoms with van der Waals surface area (Å²) in [6.45, 7) is 2.18. The third-order valence-electron chi connectivity index (χ3n) is 7.44. The molecule has 0 aromatic carbocycles. The summed E-state index contributed by atoms with van der Waals surface area (Å²) in [5.74, 6) is 1.37. The van der Waals surface area contributed by atoms with Gasteiger partial charge in [-0.25, -0.2) is 23.7 Å². The number of nitrogens with one attached hydrogen (secondary N) is 2. The molecule has 0 spiro atoms. The number of likely N-dealkylation sites (tertiary alicyclic amines) is 1. The highest BCUT2D eigenvalue weighted by atomic mass is 19.3. The number of alkyl halides is 2. The molecule has 4 aromatic heterocycles. The van der Waals surface area contributed by atoms with Gasteiger partial charge in [-0.05, 0) is 45.1 Å². The van der Waals surface area contributed by atoms with E-state index in [0.29, 0.717) is 47.0 Å². The van der Waals surface area contributed by atoms with Gasteiger partial charge in [0.25, 0.3) is 6.43 Å². The van der Waals surface area contributed by atoms with Crippen LogP contribution in [0.15, 0.2) is 24.7 Å². The maximum Gasteiger partial charge on any atom is 0.256 e. The van der Waals surface area contributed by atoms with Gasteiger partial charge in [0.15, 0.2) is 5.65 Å². The summed E-state index contributed by atoms with van der Waals surface area (Å²) in [4.78, 5) is 35.2. The molecule has 0 atom stereocenters. The number of carbonyl (C=O) groups is 1. The molecule has 36 heavy (non-hydrogen) atoms. The molecule has 11 heteroatoms. The second-order valence-corrected chi connectivity index (χ2v) is 9.73. The molecule has 1 saturated heterocycles. The Balaban J connectivity index is 1.19.